The zero-order valence-corrected chi connectivity index (χ0v) is 9.10. The van der Waals surface area contributed by atoms with Crippen molar-refractivity contribution >= 4 is 0 Å². The molecule has 0 N–H and O–H groups in total. The largest absolute Gasteiger partial charge is 0.492 e. The Kier molecular flexibility index (Phi) is 2.21. The molecule has 1 aromatic rings. The minimum Gasteiger partial charge on any atom is -0.492 e. The van der Waals surface area contributed by atoms with Gasteiger partial charge in [0.25, 0.3) is 0 Å². The van der Waals surface area contributed by atoms with Gasteiger partial charge in [0.05, 0.1) is 6.61 Å². The van der Waals surface area contributed by atoms with Crippen LogP contribution in [-0.2, 0) is 0 Å². The molecule has 0 fully saturated rings. The summed E-state index contributed by atoms with van der Waals surface area (Å²) < 4.78 is 31.9. The van der Waals surface area contributed by atoms with Gasteiger partial charge in [-0.25, -0.2) is 8.78 Å². The van der Waals surface area contributed by atoms with Gasteiger partial charge in [0.2, 0.25) is 0 Å². The van der Waals surface area contributed by atoms with Crippen molar-refractivity contribution in [1.82, 2.24) is 0 Å². The number of hydrogen-bond acceptors (Lipinski definition) is 1. The number of rotatable bonds is 0. The zero-order chi connectivity index (χ0) is 11.2. The molecule has 1 nitrogen and oxygen atoms in total. The summed E-state index contributed by atoms with van der Waals surface area (Å²) in [5, 5.41) is 0. The molecule has 15 heavy (non-hydrogen) atoms. The molecule has 1 aliphatic heterocycles. The van der Waals surface area contributed by atoms with Gasteiger partial charge in [-0.1, -0.05) is 20.8 Å². The van der Waals surface area contributed by atoms with E-state index in [0.717, 1.165) is 6.07 Å². The topological polar surface area (TPSA) is 9.23 Å². The van der Waals surface area contributed by atoms with Crippen LogP contribution in [0.3, 0.4) is 0 Å². The van der Waals surface area contributed by atoms with Crippen LogP contribution in [0.4, 0.5) is 8.78 Å². The summed E-state index contributed by atoms with van der Waals surface area (Å²) in [6.45, 7) is 6.51. The van der Waals surface area contributed by atoms with Gasteiger partial charge in [0, 0.05) is 23.6 Å². The molecule has 2 rings (SSSR count). The van der Waals surface area contributed by atoms with Crippen molar-refractivity contribution in [3.05, 3.63) is 29.3 Å². The van der Waals surface area contributed by atoms with Crippen LogP contribution in [0.5, 0.6) is 5.75 Å². The Morgan fingerprint density at radius 1 is 1.27 bits per heavy atom. The van der Waals surface area contributed by atoms with E-state index in [-0.39, 0.29) is 11.3 Å². The first-order valence-corrected chi connectivity index (χ1v) is 5.01. The third-order valence-corrected chi connectivity index (χ3v) is 2.86. The second kappa shape index (κ2) is 3.19. The molecule has 0 aliphatic carbocycles. The molecule has 0 spiro atoms. The number of fused-ring (bicyclic) bond motifs is 1. The highest BCUT2D eigenvalue weighted by molar-refractivity contribution is 5.42. The van der Waals surface area contributed by atoms with E-state index in [1.165, 1.54) is 6.07 Å². The van der Waals surface area contributed by atoms with Crippen molar-refractivity contribution in [1.29, 1.82) is 0 Å². The average Bonchev–Trinajstić information content (AvgIpc) is 2.45. The molecule has 1 aliphatic rings. The standard InChI is InChI=1S/C12H14F2O/c1-12(2,3)8-6-15-10-5-7(13)4-9(14)11(8)10/h4-5,8H,6H2,1-3H3. The molecule has 3 heteroatoms. The third-order valence-electron chi connectivity index (χ3n) is 2.86. The minimum atomic E-state index is -0.583. The first-order valence-electron chi connectivity index (χ1n) is 5.01. The first kappa shape index (κ1) is 10.4. The van der Waals surface area contributed by atoms with Crippen LogP contribution in [0.2, 0.25) is 0 Å². The Morgan fingerprint density at radius 3 is 2.53 bits per heavy atom. The van der Waals surface area contributed by atoms with Gasteiger partial charge >= 0.3 is 0 Å². The number of ether oxygens (including phenoxy) is 1. The lowest BCUT2D eigenvalue weighted by Gasteiger charge is -2.25. The summed E-state index contributed by atoms with van der Waals surface area (Å²) in [5.41, 5.74) is 0.438. The lowest BCUT2D eigenvalue weighted by atomic mass is 9.77. The van der Waals surface area contributed by atoms with E-state index in [1.54, 1.807) is 0 Å². The van der Waals surface area contributed by atoms with E-state index >= 15 is 0 Å². The third kappa shape index (κ3) is 1.71. The van der Waals surface area contributed by atoms with Gasteiger partial charge in [-0.3, -0.25) is 0 Å². The minimum absolute atomic E-state index is 0.00639. The van der Waals surface area contributed by atoms with Gasteiger partial charge in [0.1, 0.15) is 17.4 Å². The lowest BCUT2D eigenvalue weighted by molar-refractivity contribution is 0.241. The second-order valence-corrected chi connectivity index (χ2v) is 5.03. The summed E-state index contributed by atoms with van der Waals surface area (Å²) in [6, 6.07) is 2.18. The molecule has 0 bridgehead atoms. The van der Waals surface area contributed by atoms with Crippen molar-refractivity contribution in [2.45, 2.75) is 26.7 Å². The van der Waals surface area contributed by atoms with E-state index < -0.39 is 11.6 Å². The first-order chi connectivity index (χ1) is 6.89. The number of halogens is 2. The van der Waals surface area contributed by atoms with Crippen molar-refractivity contribution in [3.8, 4) is 5.75 Å². The highest BCUT2D eigenvalue weighted by Crippen LogP contribution is 2.45. The highest BCUT2D eigenvalue weighted by Gasteiger charge is 2.36. The number of benzene rings is 1. The maximum absolute atomic E-state index is 13.6. The van der Waals surface area contributed by atoms with Crippen molar-refractivity contribution in [3.63, 3.8) is 0 Å². The predicted molar refractivity (Wildman–Crippen MR) is 54.0 cm³/mol. The molecule has 1 heterocycles. The fourth-order valence-corrected chi connectivity index (χ4v) is 1.96. The second-order valence-electron chi connectivity index (χ2n) is 5.03. The van der Waals surface area contributed by atoms with Crippen LogP contribution < -0.4 is 4.74 Å². The Bertz CT molecular complexity index is 393. The quantitative estimate of drug-likeness (QED) is 0.639. The molecule has 0 radical (unpaired) electrons. The zero-order valence-electron chi connectivity index (χ0n) is 9.10. The van der Waals surface area contributed by atoms with E-state index in [0.29, 0.717) is 17.9 Å². The van der Waals surface area contributed by atoms with Crippen LogP contribution in [0.25, 0.3) is 0 Å². The molecular formula is C12H14F2O. The molecule has 0 amide bonds. The van der Waals surface area contributed by atoms with Crippen LogP contribution in [0, 0.1) is 17.0 Å². The fourth-order valence-electron chi connectivity index (χ4n) is 1.96. The molecule has 1 atom stereocenters. The molecule has 0 saturated carbocycles. The maximum atomic E-state index is 13.6. The van der Waals surface area contributed by atoms with Crippen LogP contribution in [0.1, 0.15) is 32.3 Å². The monoisotopic (exact) mass is 212 g/mol. The summed E-state index contributed by atoms with van der Waals surface area (Å²) in [5.74, 6) is -0.733. The van der Waals surface area contributed by atoms with Crippen molar-refractivity contribution in [2.24, 2.45) is 5.41 Å². The molecule has 0 aromatic heterocycles. The molecular weight excluding hydrogens is 198 g/mol. The summed E-state index contributed by atoms with van der Waals surface area (Å²) >= 11 is 0. The summed E-state index contributed by atoms with van der Waals surface area (Å²) in [7, 11) is 0. The predicted octanol–water partition coefficient (Wildman–Crippen LogP) is 3.49. The molecule has 0 saturated heterocycles. The summed E-state index contributed by atoms with van der Waals surface area (Å²) in [4.78, 5) is 0. The highest BCUT2D eigenvalue weighted by atomic mass is 19.1. The van der Waals surface area contributed by atoms with Crippen LogP contribution in [0.15, 0.2) is 12.1 Å². The van der Waals surface area contributed by atoms with Gasteiger partial charge in [-0.15, -0.1) is 0 Å². The number of hydrogen-bond donors (Lipinski definition) is 0. The van der Waals surface area contributed by atoms with Gasteiger partial charge < -0.3 is 4.74 Å². The molecule has 1 unspecified atom stereocenters. The Morgan fingerprint density at radius 2 is 1.93 bits per heavy atom. The Labute approximate surface area is 88.1 Å². The summed E-state index contributed by atoms with van der Waals surface area (Å²) in [6.07, 6.45) is 0. The van der Waals surface area contributed by atoms with E-state index in [2.05, 4.69) is 0 Å². The van der Waals surface area contributed by atoms with Gasteiger partial charge in [0.15, 0.2) is 0 Å². The Hall–Kier alpha value is -1.12. The van der Waals surface area contributed by atoms with Crippen molar-refractivity contribution in [2.75, 3.05) is 6.61 Å². The Balaban J connectivity index is 2.51. The average molecular weight is 212 g/mol. The van der Waals surface area contributed by atoms with E-state index in [4.69, 9.17) is 4.74 Å². The lowest BCUT2D eigenvalue weighted by Crippen LogP contribution is -2.20. The molecule has 1 aromatic carbocycles. The molecule has 82 valence electrons. The normalized spacial score (nSPS) is 19.9. The van der Waals surface area contributed by atoms with E-state index in [1.807, 2.05) is 20.8 Å². The fraction of sp³-hybridized carbons (Fsp3) is 0.500. The maximum Gasteiger partial charge on any atom is 0.133 e. The van der Waals surface area contributed by atoms with Crippen LogP contribution in [-0.4, -0.2) is 6.61 Å². The SMILES string of the molecule is CC(C)(C)C1COc2cc(F)cc(F)c21. The van der Waals surface area contributed by atoms with Gasteiger partial charge in [-0.2, -0.15) is 0 Å². The van der Waals surface area contributed by atoms with Gasteiger partial charge in [-0.05, 0) is 5.41 Å². The smallest absolute Gasteiger partial charge is 0.133 e. The van der Waals surface area contributed by atoms with E-state index in [9.17, 15) is 8.78 Å². The van der Waals surface area contributed by atoms with Crippen LogP contribution >= 0.6 is 0 Å². The van der Waals surface area contributed by atoms with Crippen molar-refractivity contribution < 1.29 is 13.5 Å².